The molecule has 2 aromatic carbocycles. The summed E-state index contributed by atoms with van der Waals surface area (Å²) in [5.74, 6) is 0.988. The normalized spacial score (nSPS) is 11.0. The van der Waals surface area contributed by atoms with Gasteiger partial charge < -0.3 is 27.9 Å². The van der Waals surface area contributed by atoms with Gasteiger partial charge in [-0.05, 0) is 103 Å². The third-order valence-electron chi connectivity index (χ3n) is 5.91. The van der Waals surface area contributed by atoms with Gasteiger partial charge in [-0.15, -0.1) is 0 Å². The molecule has 0 spiro atoms. The first-order valence-electron chi connectivity index (χ1n) is 12.7. The molecule has 1 amide bonds. The lowest BCUT2D eigenvalue weighted by molar-refractivity contribution is -0.142. The number of methoxy groups -OCH3 is 1. The molecule has 214 valence electrons. The van der Waals surface area contributed by atoms with Crippen LogP contribution >= 0.6 is 15.9 Å². The Morgan fingerprint density at radius 1 is 1.00 bits per heavy atom. The second kappa shape index (κ2) is 13.7. The monoisotopic (exact) mass is 623 g/mol. The molecule has 0 radical (unpaired) electrons. The highest BCUT2D eigenvalue weighted by molar-refractivity contribution is 9.10. The number of aryl methyl sites for hydroxylation is 2. The van der Waals surface area contributed by atoms with Gasteiger partial charge >= 0.3 is 11.9 Å². The van der Waals surface area contributed by atoms with Crippen LogP contribution in [0.25, 0.3) is 5.69 Å². The van der Waals surface area contributed by atoms with Gasteiger partial charge in [0, 0.05) is 17.1 Å². The van der Waals surface area contributed by atoms with E-state index in [4.69, 9.17) is 18.6 Å². The Labute approximate surface area is 246 Å². The quantitative estimate of drug-likeness (QED) is 0.121. The van der Waals surface area contributed by atoms with Crippen molar-refractivity contribution in [2.75, 3.05) is 20.3 Å². The van der Waals surface area contributed by atoms with Crippen molar-refractivity contribution >= 4 is 34.0 Å². The minimum absolute atomic E-state index is 0.0948. The summed E-state index contributed by atoms with van der Waals surface area (Å²) in [5.41, 5.74) is 6.43. The maximum atomic E-state index is 12.5. The molecule has 4 rings (SSSR count). The number of esters is 1. The van der Waals surface area contributed by atoms with Gasteiger partial charge in [-0.1, -0.05) is 0 Å². The van der Waals surface area contributed by atoms with Gasteiger partial charge in [0.1, 0.15) is 18.1 Å². The van der Waals surface area contributed by atoms with Crippen LogP contribution in [-0.4, -0.2) is 43.0 Å². The van der Waals surface area contributed by atoms with Crippen LogP contribution in [0.3, 0.4) is 0 Å². The summed E-state index contributed by atoms with van der Waals surface area (Å²) in [5, 5.41) is 4.01. The molecule has 4 aromatic rings. The van der Waals surface area contributed by atoms with Crippen LogP contribution in [0.4, 0.5) is 0 Å². The molecule has 0 aliphatic rings. The van der Waals surface area contributed by atoms with E-state index in [-0.39, 0.29) is 19.0 Å². The van der Waals surface area contributed by atoms with Crippen molar-refractivity contribution in [1.82, 2.24) is 9.99 Å². The third-order valence-corrected chi connectivity index (χ3v) is 6.50. The van der Waals surface area contributed by atoms with Crippen LogP contribution in [0.5, 0.6) is 17.2 Å². The van der Waals surface area contributed by atoms with Crippen LogP contribution in [0.1, 0.15) is 40.2 Å². The zero-order valence-corrected chi connectivity index (χ0v) is 24.7. The number of carbonyl (C=O) groups excluding carboxylic acids is 2. The largest absolute Gasteiger partial charge is 0.490 e. The molecular formula is C30H30BrN3O7. The Morgan fingerprint density at radius 2 is 1.73 bits per heavy atom. The highest BCUT2D eigenvalue weighted by Gasteiger charge is 2.15. The standard InChI is InChI=1S/C30H30BrN3O7/c1-5-38-27-15-21(14-25(31)29(27)40-18-28(35)37-4)16-32-33-30(36)26-13-12-24(41-26)17-39-23-10-8-22(9-11-23)34-19(2)6-7-20(34)3/h6-16H,5,17-18H2,1-4H3,(H,33,36)/b32-16+. The van der Waals surface area contributed by atoms with E-state index in [9.17, 15) is 9.59 Å². The van der Waals surface area contributed by atoms with Gasteiger partial charge in [0.2, 0.25) is 0 Å². The molecule has 10 nitrogen and oxygen atoms in total. The highest BCUT2D eigenvalue weighted by Crippen LogP contribution is 2.36. The van der Waals surface area contributed by atoms with Crippen LogP contribution in [-0.2, 0) is 16.1 Å². The Morgan fingerprint density at radius 3 is 2.41 bits per heavy atom. The molecule has 41 heavy (non-hydrogen) atoms. The predicted octanol–water partition coefficient (Wildman–Crippen LogP) is 5.74. The number of rotatable bonds is 12. The van der Waals surface area contributed by atoms with E-state index in [1.165, 1.54) is 13.3 Å². The van der Waals surface area contributed by atoms with Crippen LogP contribution in [0, 0.1) is 13.8 Å². The van der Waals surface area contributed by atoms with E-state index >= 15 is 0 Å². The number of hydrazone groups is 1. The SMILES string of the molecule is CCOc1cc(/C=N/NC(=O)c2ccc(COc3ccc(-n4c(C)ccc4C)cc3)o2)cc(Br)c1OCC(=O)OC. The molecular weight excluding hydrogens is 594 g/mol. The molecule has 0 saturated heterocycles. The van der Waals surface area contributed by atoms with Crippen LogP contribution in [0.15, 0.2) is 74.7 Å². The van der Waals surface area contributed by atoms with E-state index in [0.717, 1.165) is 17.1 Å². The Balaban J connectivity index is 1.32. The molecule has 0 unspecified atom stereocenters. The topological polar surface area (TPSA) is 114 Å². The number of aromatic nitrogens is 1. The fourth-order valence-electron chi connectivity index (χ4n) is 3.98. The Hall–Kier alpha value is -4.51. The first-order valence-corrected chi connectivity index (χ1v) is 13.5. The molecule has 0 aliphatic carbocycles. The number of hydrogen-bond acceptors (Lipinski definition) is 8. The molecule has 0 atom stereocenters. The summed E-state index contributed by atoms with van der Waals surface area (Å²) in [7, 11) is 1.28. The average molecular weight is 624 g/mol. The van der Waals surface area contributed by atoms with Crippen LogP contribution in [0.2, 0.25) is 0 Å². The average Bonchev–Trinajstić information content (AvgIpc) is 3.57. The number of nitrogens with zero attached hydrogens (tertiary/aromatic N) is 2. The van der Waals surface area contributed by atoms with E-state index in [0.29, 0.717) is 39.7 Å². The van der Waals surface area contributed by atoms with Crippen molar-refractivity contribution in [3.05, 3.63) is 93.6 Å². The smallest absolute Gasteiger partial charge is 0.343 e. The molecule has 1 N–H and O–H groups in total. The van der Waals surface area contributed by atoms with Gasteiger partial charge in [0.25, 0.3) is 0 Å². The lowest BCUT2D eigenvalue weighted by Crippen LogP contribution is -2.17. The molecule has 0 aliphatic heterocycles. The molecule has 0 fully saturated rings. The first-order chi connectivity index (χ1) is 19.8. The number of benzene rings is 2. The van der Waals surface area contributed by atoms with E-state index in [2.05, 4.69) is 61.7 Å². The Bertz CT molecular complexity index is 1520. The lowest BCUT2D eigenvalue weighted by atomic mass is 10.2. The van der Waals surface area contributed by atoms with E-state index in [1.807, 2.05) is 31.2 Å². The minimum atomic E-state index is -0.521. The van der Waals surface area contributed by atoms with Crippen molar-refractivity contribution in [3.8, 4) is 22.9 Å². The second-order valence-electron chi connectivity index (χ2n) is 8.83. The van der Waals surface area contributed by atoms with Crippen LogP contribution < -0.4 is 19.6 Å². The fraction of sp³-hybridized carbons (Fsp3) is 0.233. The predicted molar refractivity (Wildman–Crippen MR) is 156 cm³/mol. The zero-order chi connectivity index (χ0) is 29.4. The molecule has 0 saturated carbocycles. The minimum Gasteiger partial charge on any atom is -0.490 e. The molecule has 0 bridgehead atoms. The summed E-state index contributed by atoms with van der Waals surface area (Å²) in [4.78, 5) is 24.0. The number of carbonyl (C=O) groups is 2. The van der Waals surface area contributed by atoms with Crippen molar-refractivity contribution in [1.29, 1.82) is 0 Å². The number of furan rings is 1. The number of nitrogens with one attached hydrogen (secondary N) is 1. The van der Waals surface area contributed by atoms with Crippen molar-refractivity contribution in [2.45, 2.75) is 27.4 Å². The second-order valence-corrected chi connectivity index (χ2v) is 9.68. The fourth-order valence-corrected chi connectivity index (χ4v) is 4.55. The number of hydrogen-bond donors (Lipinski definition) is 1. The molecule has 2 heterocycles. The van der Waals surface area contributed by atoms with Crippen molar-refractivity contribution < 1.29 is 33.0 Å². The third kappa shape index (κ3) is 7.57. The van der Waals surface area contributed by atoms with Gasteiger partial charge in [-0.2, -0.15) is 5.10 Å². The summed E-state index contributed by atoms with van der Waals surface area (Å²) in [6.45, 7) is 6.22. The molecule has 2 aromatic heterocycles. The van der Waals surface area contributed by atoms with E-state index < -0.39 is 11.9 Å². The van der Waals surface area contributed by atoms with E-state index in [1.54, 1.807) is 24.3 Å². The maximum absolute atomic E-state index is 12.5. The molecule has 11 heteroatoms. The first kappa shape index (κ1) is 29.5. The highest BCUT2D eigenvalue weighted by atomic mass is 79.9. The zero-order valence-electron chi connectivity index (χ0n) is 23.1. The summed E-state index contributed by atoms with van der Waals surface area (Å²) < 4.78 is 29.9. The number of ether oxygens (including phenoxy) is 4. The van der Waals surface area contributed by atoms with Gasteiger partial charge in [0.15, 0.2) is 23.9 Å². The summed E-state index contributed by atoms with van der Waals surface area (Å²) in [6.07, 6.45) is 1.45. The number of halogens is 1. The van der Waals surface area contributed by atoms with Crippen molar-refractivity contribution in [2.24, 2.45) is 5.10 Å². The summed E-state index contributed by atoms with van der Waals surface area (Å²) in [6, 6.07) is 18.6. The number of amides is 1. The van der Waals surface area contributed by atoms with Crippen molar-refractivity contribution in [3.63, 3.8) is 0 Å². The maximum Gasteiger partial charge on any atom is 0.343 e. The van der Waals surface area contributed by atoms with Gasteiger partial charge in [0.05, 0.1) is 24.4 Å². The summed E-state index contributed by atoms with van der Waals surface area (Å²) >= 11 is 3.42. The Kier molecular flexibility index (Phi) is 9.86. The van der Waals surface area contributed by atoms with Gasteiger partial charge in [-0.3, -0.25) is 4.79 Å². The lowest BCUT2D eigenvalue weighted by Gasteiger charge is -2.13. The van der Waals surface area contributed by atoms with Gasteiger partial charge in [-0.25, -0.2) is 10.2 Å².